The van der Waals surface area contributed by atoms with Crippen LogP contribution in [0.25, 0.3) is 17.0 Å². The number of aromatic nitrogens is 2. The third-order valence-corrected chi connectivity index (χ3v) is 6.27. The van der Waals surface area contributed by atoms with Gasteiger partial charge in [-0.2, -0.15) is 4.98 Å². The average molecular weight is 481 g/mol. The minimum atomic E-state index is -0.418. The van der Waals surface area contributed by atoms with Crippen LogP contribution in [-0.2, 0) is 6.54 Å². The number of benzene rings is 3. The van der Waals surface area contributed by atoms with Crippen LogP contribution in [0.2, 0.25) is 0 Å². The van der Waals surface area contributed by atoms with Crippen LogP contribution in [-0.4, -0.2) is 27.7 Å². The molecule has 1 N–H and O–H groups in total. The van der Waals surface area contributed by atoms with Crippen LogP contribution < -0.4 is 10.1 Å². The molecule has 4 aromatic rings. The summed E-state index contributed by atoms with van der Waals surface area (Å²) in [5.74, 6) is 1.69. The highest BCUT2D eigenvalue weighted by molar-refractivity contribution is 5.86. The summed E-state index contributed by atoms with van der Waals surface area (Å²) in [6.07, 6.45) is 0. The van der Waals surface area contributed by atoms with Crippen molar-refractivity contribution in [3.63, 3.8) is 0 Å². The topological polar surface area (TPSA) is 80.5 Å². The Hall–Kier alpha value is -4.39. The lowest BCUT2D eigenvalue weighted by molar-refractivity contribution is 0.203. The fraction of sp³-hybridized carbons (Fsp3) is 0.207. The lowest BCUT2D eigenvalue weighted by atomic mass is 9.94. The second kappa shape index (κ2) is 10.1. The Kier molecular flexibility index (Phi) is 6.54. The van der Waals surface area contributed by atoms with E-state index in [0.29, 0.717) is 24.9 Å². The van der Waals surface area contributed by atoms with Gasteiger partial charge in [-0.25, -0.2) is 4.79 Å². The minimum Gasteiger partial charge on any atom is -0.494 e. The number of hydrogen-bond donors (Lipinski definition) is 1. The van der Waals surface area contributed by atoms with Gasteiger partial charge in [-0.1, -0.05) is 77.5 Å². The van der Waals surface area contributed by atoms with E-state index in [9.17, 15) is 4.79 Å². The van der Waals surface area contributed by atoms with Gasteiger partial charge in [0.05, 0.1) is 24.8 Å². The highest BCUT2D eigenvalue weighted by Crippen LogP contribution is 2.38. The molecule has 5 rings (SSSR count). The zero-order valence-electron chi connectivity index (χ0n) is 20.6. The Labute approximate surface area is 210 Å². The van der Waals surface area contributed by atoms with Crippen molar-refractivity contribution in [3.8, 4) is 17.1 Å². The van der Waals surface area contributed by atoms with Crippen molar-refractivity contribution in [2.24, 2.45) is 0 Å². The molecule has 3 aromatic carbocycles. The van der Waals surface area contributed by atoms with E-state index in [0.717, 1.165) is 39.3 Å². The molecule has 7 heteroatoms. The number of amides is 2. The molecular formula is C29H28N4O3. The second-order valence-electron chi connectivity index (χ2n) is 8.74. The van der Waals surface area contributed by atoms with E-state index in [1.807, 2.05) is 99.6 Å². The maximum Gasteiger partial charge on any atom is 0.322 e. The lowest BCUT2D eigenvalue weighted by Crippen LogP contribution is -2.45. The number of allylic oxidation sites excluding steroid dienone is 1. The molecule has 182 valence electrons. The number of carbonyl (C=O) groups excluding carboxylic acids is 1. The van der Waals surface area contributed by atoms with E-state index >= 15 is 0 Å². The summed E-state index contributed by atoms with van der Waals surface area (Å²) in [5.41, 5.74) is 5.48. The predicted octanol–water partition coefficient (Wildman–Crippen LogP) is 6.14. The number of nitrogens with one attached hydrogen (secondary N) is 1. The molecule has 0 saturated heterocycles. The summed E-state index contributed by atoms with van der Waals surface area (Å²) in [7, 11) is 0. The first-order valence-corrected chi connectivity index (χ1v) is 12.0. The van der Waals surface area contributed by atoms with Crippen LogP contribution in [0, 0.1) is 6.92 Å². The van der Waals surface area contributed by atoms with Crippen LogP contribution in [0.3, 0.4) is 0 Å². The van der Waals surface area contributed by atoms with Crippen molar-refractivity contribution in [1.82, 2.24) is 20.4 Å². The van der Waals surface area contributed by atoms with E-state index in [2.05, 4.69) is 10.5 Å². The van der Waals surface area contributed by atoms with Crippen LogP contribution in [0.4, 0.5) is 4.79 Å². The molecule has 0 fully saturated rings. The summed E-state index contributed by atoms with van der Waals surface area (Å²) in [6, 6.07) is 25.0. The molecule has 0 saturated carbocycles. The Bertz CT molecular complexity index is 1380. The smallest absolute Gasteiger partial charge is 0.322 e. The van der Waals surface area contributed by atoms with Crippen molar-refractivity contribution in [1.29, 1.82) is 0 Å². The largest absolute Gasteiger partial charge is 0.494 e. The minimum absolute atomic E-state index is 0.182. The van der Waals surface area contributed by atoms with Crippen LogP contribution >= 0.6 is 0 Å². The van der Waals surface area contributed by atoms with Gasteiger partial charge in [-0.05, 0) is 44.0 Å². The van der Waals surface area contributed by atoms with E-state index in [4.69, 9.17) is 14.2 Å². The first kappa shape index (κ1) is 23.4. The summed E-state index contributed by atoms with van der Waals surface area (Å²) in [4.78, 5) is 19.7. The van der Waals surface area contributed by atoms with Gasteiger partial charge in [0.1, 0.15) is 5.75 Å². The van der Waals surface area contributed by atoms with Gasteiger partial charge in [-0.15, -0.1) is 0 Å². The fourth-order valence-corrected chi connectivity index (χ4v) is 4.34. The Morgan fingerprint density at radius 1 is 0.972 bits per heavy atom. The fourth-order valence-electron chi connectivity index (χ4n) is 4.34. The van der Waals surface area contributed by atoms with Crippen molar-refractivity contribution in [2.45, 2.75) is 33.4 Å². The second-order valence-corrected chi connectivity index (χ2v) is 8.74. The van der Waals surface area contributed by atoms with Gasteiger partial charge in [0.2, 0.25) is 5.82 Å². The van der Waals surface area contributed by atoms with Crippen molar-refractivity contribution in [2.75, 3.05) is 6.61 Å². The molecule has 7 nitrogen and oxygen atoms in total. The molecule has 0 aliphatic carbocycles. The number of hydrogen-bond acceptors (Lipinski definition) is 5. The van der Waals surface area contributed by atoms with Gasteiger partial charge >= 0.3 is 6.03 Å². The van der Waals surface area contributed by atoms with Gasteiger partial charge in [0.25, 0.3) is 5.89 Å². The zero-order valence-corrected chi connectivity index (χ0v) is 20.6. The number of nitrogens with zero attached hydrogens (tertiary/aromatic N) is 3. The molecule has 1 aliphatic heterocycles. The van der Waals surface area contributed by atoms with Crippen molar-refractivity contribution in [3.05, 3.63) is 107 Å². The number of carbonyl (C=O) groups is 1. The molecular weight excluding hydrogens is 452 g/mol. The molecule has 1 unspecified atom stereocenters. The third kappa shape index (κ3) is 4.73. The SMILES string of the molecule is CCOc1ccc(CN2C(=O)NC(c3ccc(C)cc3)C(c3nc(-c4ccccc4)no3)=C2C)cc1. The standard InChI is InChI=1S/C29H28N4O3/c1-4-35-24-16-12-21(13-17-24)18-33-20(3)25(26(30-29(33)34)22-14-10-19(2)11-15-22)28-31-27(32-36-28)23-8-6-5-7-9-23/h5-17,26H,4,18H2,1-3H3,(H,30,34). The summed E-state index contributed by atoms with van der Waals surface area (Å²) in [5, 5.41) is 7.39. The highest BCUT2D eigenvalue weighted by Gasteiger charge is 2.35. The molecule has 2 heterocycles. The molecule has 1 aromatic heterocycles. The highest BCUT2D eigenvalue weighted by atomic mass is 16.5. The maximum absolute atomic E-state index is 13.3. The number of urea groups is 1. The van der Waals surface area contributed by atoms with E-state index in [1.165, 1.54) is 0 Å². The molecule has 1 aliphatic rings. The average Bonchev–Trinajstić information content (AvgIpc) is 3.38. The van der Waals surface area contributed by atoms with Crippen LogP contribution in [0.1, 0.15) is 42.5 Å². The first-order chi connectivity index (χ1) is 17.5. The molecule has 0 radical (unpaired) electrons. The van der Waals surface area contributed by atoms with Crippen LogP contribution in [0.15, 0.2) is 89.1 Å². The third-order valence-electron chi connectivity index (χ3n) is 6.27. The normalized spacial score (nSPS) is 15.7. The van der Waals surface area contributed by atoms with Crippen molar-refractivity contribution < 1.29 is 14.1 Å². The lowest BCUT2D eigenvalue weighted by Gasteiger charge is -2.35. The monoisotopic (exact) mass is 480 g/mol. The Morgan fingerprint density at radius 2 is 1.69 bits per heavy atom. The Balaban J connectivity index is 1.55. The number of ether oxygens (including phenoxy) is 1. The molecule has 1 atom stereocenters. The predicted molar refractivity (Wildman–Crippen MR) is 138 cm³/mol. The maximum atomic E-state index is 13.3. The van der Waals surface area contributed by atoms with Gasteiger partial charge in [0.15, 0.2) is 0 Å². The van der Waals surface area contributed by atoms with Gasteiger partial charge < -0.3 is 14.6 Å². The molecule has 36 heavy (non-hydrogen) atoms. The summed E-state index contributed by atoms with van der Waals surface area (Å²) in [6.45, 7) is 6.92. The zero-order chi connectivity index (χ0) is 25.1. The number of aryl methyl sites for hydroxylation is 1. The number of rotatable bonds is 7. The summed E-state index contributed by atoms with van der Waals surface area (Å²) < 4.78 is 11.3. The van der Waals surface area contributed by atoms with Gasteiger partial charge in [0, 0.05) is 11.3 Å². The van der Waals surface area contributed by atoms with E-state index in [1.54, 1.807) is 4.90 Å². The quantitative estimate of drug-likeness (QED) is 0.344. The van der Waals surface area contributed by atoms with Crippen molar-refractivity contribution >= 4 is 11.6 Å². The first-order valence-electron chi connectivity index (χ1n) is 12.0. The van der Waals surface area contributed by atoms with E-state index in [-0.39, 0.29) is 6.03 Å². The van der Waals surface area contributed by atoms with Gasteiger partial charge in [-0.3, -0.25) is 4.90 Å². The molecule has 0 bridgehead atoms. The van der Waals surface area contributed by atoms with Crippen LogP contribution in [0.5, 0.6) is 5.75 Å². The summed E-state index contributed by atoms with van der Waals surface area (Å²) >= 11 is 0. The Morgan fingerprint density at radius 3 is 2.39 bits per heavy atom. The molecule has 0 spiro atoms. The van der Waals surface area contributed by atoms with E-state index < -0.39 is 6.04 Å². The molecule has 2 amide bonds.